The van der Waals surface area contributed by atoms with E-state index in [1.165, 1.54) is 0 Å². The molecule has 0 bridgehead atoms. The molecule has 1 aliphatic rings. The number of para-hydroxylation sites is 1. The van der Waals surface area contributed by atoms with Crippen LogP contribution in [0.4, 0.5) is 5.69 Å². The zero-order valence-corrected chi connectivity index (χ0v) is 16.2. The van der Waals surface area contributed by atoms with Crippen LogP contribution in [0.1, 0.15) is 57.0 Å². The van der Waals surface area contributed by atoms with Crippen molar-refractivity contribution in [2.75, 3.05) is 5.32 Å². The maximum absolute atomic E-state index is 13.3. The van der Waals surface area contributed by atoms with E-state index in [-0.39, 0.29) is 18.1 Å². The van der Waals surface area contributed by atoms with Crippen molar-refractivity contribution in [1.82, 2.24) is 4.90 Å². The van der Waals surface area contributed by atoms with E-state index in [9.17, 15) is 4.79 Å². The van der Waals surface area contributed by atoms with Gasteiger partial charge in [-0.3, -0.25) is 4.79 Å². The number of amides is 1. The van der Waals surface area contributed by atoms with Crippen molar-refractivity contribution in [3.63, 3.8) is 0 Å². The van der Waals surface area contributed by atoms with Crippen molar-refractivity contribution < 1.29 is 9.53 Å². The third-order valence-corrected chi connectivity index (χ3v) is 5.04. The molecular weight excluding hydrogens is 324 g/mol. The molecule has 2 aromatic carbocycles. The molecule has 26 heavy (non-hydrogen) atoms. The molecule has 0 fully saturated rings. The molecule has 4 heteroatoms. The summed E-state index contributed by atoms with van der Waals surface area (Å²) >= 11 is 0. The van der Waals surface area contributed by atoms with Gasteiger partial charge in [0.25, 0.3) is 5.91 Å². The highest BCUT2D eigenvalue weighted by atomic mass is 16.5. The van der Waals surface area contributed by atoms with Gasteiger partial charge in [0.2, 0.25) is 0 Å². The number of rotatable bonds is 5. The molecule has 2 aromatic rings. The molecule has 1 aliphatic heterocycles. The first-order valence-electron chi connectivity index (χ1n) is 9.35. The predicted molar refractivity (Wildman–Crippen MR) is 106 cm³/mol. The molecule has 2 unspecified atom stereocenters. The molecule has 0 radical (unpaired) electrons. The van der Waals surface area contributed by atoms with E-state index in [1.807, 2.05) is 61.2 Å². The van der Waals surface area contributed by atoms with Crippen molar-refractivity contribution in [1.29, 1.82) is 0 Å². The Bertz CT molecular complexity index is 802. The Kier molecular flexibility index (Phi) is 4.94. The number of nitrogens with one attached hydrogen (secondary N) is 1. The molecule has 1 heterocycles. The summed E-state index contributed by atoms with van der Waals surface area (Å²) in [7, 11) is 0. The second-order valence-electron chi connectivity index (χ2n) is 7.37. The molecule has 0 saturated heterocycles. The Morgan fingerprint density at radius 1 is 1.12 bits per heavy atom. The van der Waals surface area contributed by atoms with Crippen molar-refractivity contribution in [2.24, 2.45) is 0 Å². The van der Waals surface area contributed by atoms with Gasteiger partial charge in [-0.25, -0.2) is 0 Å². The first kappa shape index (κ1) is 18.3. The number of benzene rings is 2. The first-order valence-corrected chi connectivity index (χ1v) is 9.35. The second-order valence-corrected chi connectivity index (χ2v) is 7.37. The van der Waals surface area contributed by atoms with Gasteiger partial charge in [-0.05, 0) is 58.4 Å². The molecular formula is C22H28N2O2. The lowest BCUT2D eigenvalue weighted by Crippen LogP contribution is -2.58. The lowest BCUT2D eigenvalue weighted by atomic mass is 9.91. The molecule has 4 nitrogen and oxygen atoms in total. The quantitative estimate of drug-likeness (QED) is 0.822. The van der Waals surface area contributed by atoms with Gasteiger partial charge in [0.1, 0.15) is 11.4 Å². The monoisotopic (exact) mass is 352 g/mol. The van der Waals surface area contributed by atoms with Crippen molar-refractivity contribution >= 4 is 11.6 Å². The summed E-state index contributed by atoms with van der Waals surface area (Å²) in [5.74, 6) is 0.877. The third-order valence-electron chi connectivity index (χ3n) is 5.04. The van der Waals surface area contributed by atoms with Crippen LogP contribution in [0.5, 0.6) is 5.75 Å². The molecule has 0 saturated carbocycles. The fraction of sp³-hybridized carbons (Fsp3) is 0.409. The number of nitrogens with zero attached hydrogens (tertiary/aromatic N) is 1. The van der Waals surface area contributed by atoms with Gasteiger partial charge in [-0.15, -0.1) is 0 Å². The smallest absolute Gasteiger partial charge is 0.258 e. The topological polar surface area (TPSA) is 41.6 Å². The molecule has 2 atom stereocenters. The Hall–Kier alpha value is -2.49. The first-order chi connectivity index (χ1) is 12.4. The average Bonchev–Trinajstić information content (AvgIpc) is 2.61. The number of hydrogen-bond donors (Lipinski definition) is 1. The van der Waals surface area contributed by atoms with Gasteiger partial charge in [-0.2, -0.15) is 0 Å². The highest BCUT2D eigenvalue weighted by molar-refractivity contribution is 6.02. The van der Waals surface area contributed by atoms with Crippen LogP contribution in [-0.4, -0.2) is 23.0 Å². The maximum Gasteiger partial charge on any atom is 0.258 e. The Labute approximate surface area is 156 Å². The van der Waals surface area contributed by atoms with Gasteiger partial charge in [-0.1, -0.05) is 31.2 Å². The van der Waals surface area contributed by atoms with Crippen LogP contribution >= 0.6 is 0 Å². The van der Waals surface area contributed by atoms with Crippen LogP contribution in [0.15, 0.2) is 48.5 Å². The summed E-state index contributed by atoms with van der Waals surface area (Å²) in [5.41, 5.74) is 1.96. The molecule has 1 amide bonds. The SMILES string of the molecule is CCC(C)N1C(=O)c2ccccc2NC1(C)c1cccc(OC(C)C)c1. The van der Waals surface area contributed by atoms with E-state index in [4.69, 9.17) is 4.74 Å². The Balaban J connectivity index is 2.11. The molecule has 0 aliphatic carbocycles. The maximum atomic E-state index is 13.3. The zero-order chi connectivity index (χ0) is 18.9. The Morgan fingerprint density at radius 3 is 2.54 bits per heavy atom. The zero-order valence-electron chi connectivity index (χ0n) is 16.2. The third kappa shape index (κ3) is 3.16. The van der Waals surface area contributed by atoms with Crippen LogP contribution in [0.3, 0.4) is 0 Å². The number of fused-ring (bicyclic) bond motifs is 1. The lowest BCUT2D eigenvalue weighted by Gasteiger charge is -2.49. The average molecular weight is 352 g/mol. The molecule has 138 valence electrons. The number of ether oxygens (including phenoxy) is 1. The fourth-order valence-electron chi connectivity index (χ4n) is 3.61. The normalized spacial score (nSPS) is 20.5. The minimum absolute atomic E-state index is 0.0615. The number of hydrogen-bond acceptors (Lipinski definition) is 3. The predicted octanol–water partition coefficient (Wildman–Crippen LogP) is 5.01. The summed E-state index contributed by atoms with van der Waals surface area (Å²) in [6, 6.07) is 15.8. The molecule has 1 N–H and O–H groups in total. The van der Waals surface area contributed by atoms with Gasteiger partial charge < -0.3 is 15.0 Å². The van der Waals surface area contributed by atoms with E-state index >= 15 is 0 Å². The summed E-state index contributed by atoms with van der Waals surface area (Å²) < 4.78 is 5.88. The Morgan fingerprint density at radius 2 is 1.85 bits per heavy atom. The van der Waals surface area contributed by atoms with E-state index in [0.717, 1.165) is 29.0 Å². The summed E-state index contributed by atoms with van der Waals surface area (Å²) in [5, 5.41) is 3.62. The molecule has 0 spiro atoms. The van der Waals surface area contributed by atoms with Gasteiger partial charge in [0.05, 0.1) is 11.7 Å². The molecule has 0 aromatic heterocycles. The standard InChI is InChI=1S/C22H28N2O2/c1-6-16(4)24-21(25)19-12-7-8-13-20(19)23-22(24,5)17-10-9-11-18(14-17)26-15(2)3/h7-16,23H,6H2,1-5H3. The van der Waals surface area contributed by atoms with Crippen molar-refractivity contribution in [2.45, 2.75) is 58.8 Å². The largest absolute Gasteiger partial charge is 0.491 e. The van der Waals surface area contributed by atoms with Gasteiger partial charge in [0.15, 0.2) is 0 Å². The highest BCUT2D eigenvalue weighted by Crippen LogP contribution is 2.40. The van der Waals surface area contributed by atoms with Crippen molar-refractivity contribution in [3.8, 4) is 5.75 Å². The minimum atomic E-state index is -0.642. The minimum Gasteiger partial charge on any atom is -0.491 e. The van der Waals surface area contributed by atoms with Crippen LogP contribution in [-0.2, 0) is 5.66 Å². The van der Waals surface area contributed by atoms with E-state index < -0.39 is 5.66 Å². The van der Waals surface area contributed by atoms with Gasteiger partial charge in [0, 0.05) is 17.3 Å². The number of carbonyl (C=O) groups is 1. The van der Waals surface area contributed by atoms with Gasteiger partial charge >= 0.3 is 0 Å². The van der Waals surface area contributed by atoms with Crippen LogP contribution < -0.4 is 10.1 Å². The number of anilines is 1. The molecule has 3 rings (SSSR count). The second kappa shape index (κ2) is 7.02. The van der Waals surface area contributed by atoms with E-state index in [1.54, 1.807) is 0 Å². The van der Waals surface area contributed by atoms with E-state index in [0.29, 0.717) is 0 Å². The summed E-state index contributed by atoms with van der Waals surface area (Å²) in [6.45, 7) is 10.3. The van der Waals surface area contributed by atoms with E-state index in [2.05, 4.69) is 32.2 Å². The van der Waals surface area contributed by atoms with Crippen molar-refractivity contribution in [3.05, 3.63) is 59.7 Å². The van der Waals surface area contributed by atoms with Crippen LogP contribution in [0, 0.1) is 0 Å². The van der Waals surface area contributed by atoms with Crippen LogP contribution in [0.2, 0.25) is 0 Å². The number of carbonyl (C=O) groups excluding carboxylic acids is 1. The summed E-state index contributed by atoms with van der Waals surface area (Å²) in [6.07, 6.45) is 0.985. The highest BCUT2D eigenvalue weighted by Gasteiger charge is 2.44. The van der Waals surface area contributed by atoms with Crippen LogP contribution in [0.25, 0.3) is 0 Å². The lowest BCUT2D eigenvalue weighted by molar-refractivity contribution is 0.0399. The fourth-order valence-corrected chi connectivity index (χ4v) is 3.61. The summed E-state index contributed by atoms with van der Waals surface area (Å²) in [4.78, 5) is 15.3.